The van der Waals surface area contributed by atoms with Crippen molar-refractivity contribution >= 4 is 27.2 Å². The molecule has 1 aromatic carbocycles. The van der Waals surface area contributed by atoms with Crippen molar-refractivity contribution < 1.29 is 4.92 Å². The molecule has 0 aliphatic rings. The molecule has 0 fully saturated rings. The first kappa shape index (κ1) is 10.8. The average molecular weight is 260 g/mol. The Morgan fingerprint density at radius 1 is 1.44 bits per heavy atom. The SMILES string of the molecule is Cc1nc2cc(-n3ccnc3)c([N+](=O)[O-])cc2s1. The third-order valence-corrected chi connectivity index (χ3v) is 3.50. The van der Waals surface area contributed by atoms with Crippen LogP contribution >= 0.6 is 11.3 Å². The molecule has 0 unspecified atom stereocenters. The zero-order valence-electron chi connectivity index (χ0n) is 9.40. The number of aromatic nitrogens is 3. The standard InChI is InChI=1S/C11H8N4O2S/c1-7-13-8-4-9(14-3-2-12-6-14)10(15(16)17)5-11(8)18-7/h2-6H,1H3. The van der Waals surface area contributed by atoms with E-state index >= 15 is 0 Å². The Morgan fingerprint density at radius 3 is 2.94 bits per heavy atom. The molecule has 2 aromatic heterocycles. The molecular weight excluding hydrogens is 252 g/mol. The number of thiazole rings is 1. The van der Waals surface area contributed by atoms with Crippen molar-refractivity contribution in [1.29, 1.82) is 0 Å². The van der Waals surface area contributed by atoms with Gasteiger partial charge in [-0.15, -0.1) is 11.3 Å². The molecule has 0 saturated carbocycles. The van der Waals surface area contributed by atoms with Crippen LogP contribution in [-0.2, 0) is 0 Å². The minimum atomic E-state index is -0.385. The van der Waals surface area contributed by atoms with E-state index in [-0.39, 0.29) is 10.6 Å². The van der Waals surface area contributed by atoms with Gasteiger partial charge in [0.1, 0.15) is 5.69 Å². The summed E-state index contributed by atoms with van der Waals surface area (Å²) < 4.78 is 2.44. The van der Waals surface area contributed by atoms with E-state index in [1.165, 1.54) is 17.7 Å². The number of nitro benzene ring substituents is 1. The highest BCUT2D eigenvalue weighted by Crippen LogP contribution is 2.31. The molecule has 6 nitrogen and oxygen atoms in total. The van der Waals surface area contributed by atoms with Crippen LogP contribution in [0.5, 0.6) is 0 Å². The molecule has 0 bridgehead atoms. The van der Waals surface area contributed by atoms with Gasteiger partial charge in [0.25, 0.3) is 5.69 Å². The van der Waals surface area contributed by atoms with Gasteiger partial charge in [0.05, 0.1) is 26.5 Å². The second kappa shape index (κ2) is 3.88. The van der Waals surface area contributed by atoms with Gasteiger partial charge in [-0.05, 0) is 13.0 Å². The number of hydrogen-bond acceptors (Lipinski definition) is 5. The summed E-state index contributed by atoms with van der Waals surface area (Å²) in [6.07, 6.45) is 4.79. The van der Waals surface area contributed by atoms with Gasteiger partial charge in [-0.1, -0.05) is 0 Å². The van der Waals surface area contributed by atoms with E-state index in [0.29, 0.717) is 5.69 Å². The zero-order valence-corrected chi connectivity index (χ0v) is 10.2. The highest BCUT2D eigenvalue weighted by Gasteiger charge is 2.18. The molecule has 2 heterocycles. The lowest BCUT2D eigenvalue weighted by molar-refractivity contribution is -0.384. The number of imidazole rings is 1. The van der Waals surface area contributed by atoms with Crippen LogP contribution in [0.3, 0.4) is 0 Å². The van der Waals surface area contributed by atoms with Crippen LogP contribution in [0.4, 0.5) is 5.69 Å². The molecule has 3 rings (SSSR count). The quantitative estimate of drug-likeness (QED) is 0.524. The molecule has 0 saturated heterocycles. The molecule has 0 radical (unpaired) electrons. The summed E-state index contributed by atoms with van der Waals surface area (Å²) >= 11 is 1.45. The van der Waals surface area contributed by atoms with Gasteiger partial charge >= 0.3 is 0 Å². The lowest BCUT2D eigenvalue weighted by Crippen LogP contribution is -1.98. The Kier molecular flexibility index (Phi) is 2.34. The maximum absolute atomic E-state index is 11.1. The zero-order chi connectivity index (χ0) is 12.7. The minimum Gasteiger partial charge on any atom is -0.300 e. The Labute approximate surface area is 106 Å². The fraction of sp³-hybridized carbons (Fsp3) is 0.0909. The normalized spacial score (nSPS) is 10.9. The number of nitro groups is 1. The molecule has 0 aliphatic carbocycles. The van der Waals surface area contributed by atoms with Crippen LogP contribution in [0.15, 0.2) is 30.9 Å². The Balaban J connectivity index is 2.33. The van der Waals surface area contributed by atoms with Crippen LogP contribution in [-0.4, -0.2) is 19.5 Å². The van der Waals surface area contributed by atoms with Gasteiger partial charge in [0.15, 0.2) is 0 Å². The molecule has 0 atom stereocenters. The number of rotatable bonds is 2. The van der Waals surface area contributed by atoms with Crippen molar-refractivity contribution in [3.63, 3.8) is 0 Å². The molecule has 7 heteroatoms. The second-order valence-electron chi connectivity index (χ2n) is 3.77. The fourth-order valence-corrected chi connectivity index (χ4v) is 2.66. The second-order valence-corrected chi connectivity index (χ2v) is 5.00. The summed E-state index contributed by atoms with van der Waals surface area (Å²) in [7, 11) is 0. The molecule has 0 N–H and O–H groups in total. The van der Waals surface area contributed by atoms with Crippen LogP contribution in [0.2, 0.25) is 0 Å². The number of hydrogen-bond donors (Lipinski definition) is 0. The third-order valence-electron chi connectivity index (χ3n) is 2.57. The summed E-state index contributed by atoms with van der Waals surface area (Å²) in [5, 5.41) is 12.0. The topological polar surface area (TPSA) is 73.8 Å². The van der Waals surface area contributed by atoms with Gasteiger partial charge < -0.3 is 4.57 Å². The first-order valence-corrected chi connectivity index (χ1v) is 6.01. The van der Waals surface area contributed by atoms with Crippen molar-refractivity contribution in [3.05, 3.63) is 46.0 Å². The average Bonchev–Trinajstić information content (AvgIpc) is 2.93. The van der Waals surface area contributed by atoms with E-state index in [2.05, 4.69) is 9.97 Å². The first-order valence-electron chi connectivity index (χ1n) is 5.19. The van der Waals surface area contributed by atoms with Gasteiger partial charge in [-0.25, -0.2) is 9.97 Å². The van der Waals surface area contributed by atoms with E-state index in [9.17, 15) is 10.1 Å². The van der Waals surface area contributed by atoms with E-state index in [1.807, 2.05) is 6.92 Å². The predicted molar refractivity (Wildman–Crippen MR) is 68.1 cm³/mol. The number of benzene rings is 1. The molecule has 0 amide bonds. The molecule has 90 valence electrons. The molecule has 18 heavy (non-hydrogen) atoms. The Hall–Kier alpha value is -2.28. The van der Waals surface area contributed by atoms with Crippen molar-refractivity contribution in [2.24, 2.45) is 0 Å². The van der Waals surface area contributed by atoms with Crippen molar-refractivity contribution in [2.75, 3.05) is 0 Å². The van der Waals surface area contributed by atoms with E-state index in [4.69, 9.17) is 0 Å². The number of fused-ring (bicyclic) bond motifs is 1. The van der Waals surface area contributed by atoms with E-state index in [1.54, 1.807) is 29.1 Å². The predicted octanol–water partition coefficient (Wildman–Crippen LogP) is 2.70. The molecule has 0 spiro atoms. The first-order chi connectivity index (χ1) is 8.65. The lowest BCUT2D eigenvalue weighted by atomic mass is 10.2. The van der Waals surface area contributed by atoms with Crippen molar-refractivity contribution in [2.45, 2.75) is 6.92 Å². The Bertz CT molecular complexity index is 733. The summed E-state index contributed by atoms with van der Waals surface area (Å²) in [6, 6.07) is 3.29. The van der Waals surface area contributed by atoms with Crippen LogP contribution in [0.25, 0.3) is 15.9 Å². The van der Waals surface area contributed by atoms with Crippen molar-refractivity contribution in [3.8, 4) is 5.69 Å². The largest absolute Gasteiger partial charge is 0.300 e. The maximum atomic E-state index is 11.1. The monoisotopic (exact) mass is 260 g/mol. The molecule has 0 aliphatic heterocycles. The molecular formula is C11H8N4O2S. The highest BCUT2D eigenvalue weighted by molar-refractivity contribution is 7.18. The van der Waals surface area contributed by atoms with Gasteiger partial charge in [0, 0.05) is 18.5 Å². The molecule has 3 aromatic rings. The van der Waals surface area contributed by atoms with E-state index in [0.717, 1.165) is 15.2 Å². The minimum absolute atomic E-state index is 0.0594. The van der Waals surface area contributed by atoms with Gasteiger partial charge in [-0.3, -0.25) is 10.1 Å². The Morgan fingerprint density at radius 2 is 2.28 bits per heavy atom. The van der Waals surface area contributed by atoms with E-state index < -0.39 is 0 Å². The maximum Gasteiger partial charge on any atom is 0.294 e. The fourth-order valence-electron chi connectivity index (χ4n) is 1.82. The van der Waals surface area contributed by atoms with Crippen LogP contribution < -0.4 is 0 Å². The van der Waals surface area contributed by atoms with Gasteiger partial charge in [0.2, 0.25) is 0 Å². The number of aryl methyl sites for hydroxylation is 1. The van der Waals surface area contributed by atoms with Crippen molar-refractivity contribution in [1.82, 2.24) is 14.5 Å². The summed E-state index contributed by atoms with van der Waals surface area (Å²) in [6.45, 7) is 1.88. The van der Waals surface area contributed by atoms with Crippen LogP contribution in [0, 0.1) is 17.0 Å². The number of nitrogens with zero attached hydrogens (tertiary/aromatic N) is 4. The van der Waals surface area contributed by atoms with Gasteiger partial charge in [-0.2, -0.15) is 0 Å². The van der Waals surface area contributed by atoms with Crippen LogP contribution in [0.1, 0.15) is 5.01 Å². The highest BCUT2D eigenvalue weighted by atomic mass is 32.1. The third kappa shape index (κ3) is 1.65. The lowest BCUT2D eigenvalue weighted by Gasteiger charge is -2.03. The smallest absolute Gasteiger partial charge is 0.294 e. The summed E-state index contributed by atoms with van der Waals surface area (Å²) in [5.41, 5.74) is 1.31. The summed E-state index contributed by atoms with van der Waals surface area (Å²) in [4.78, 5) is 19.0. The summed E-state index contributed by atoms with van der Waals surface area (Å²) in [5.74, 6) is 0.